The van der Waals surface area contributed by atoms with Gasteiger partial charge in [-0.1, -0.05) is 56.8 Å². The first-order valence-corrected chi connectivity index (χ1v) is 13.9. The topological polar surface area (TPSA) is 0 Å². The van der Waals surface area contributed by atoms with Gasteiger partial charge in [0.2, 0.25) is 0 Å². The van der Waals surface area contributed by atoms with Crippen LogP contribution in [0.25, 0.3) is 0 Å². The summed E-state index contributed by atoms with van der Waals surface area (Å²) in [4.78, 5) is 0. The first kappa shape index (κ1) is 25.5. The third-order valence-electron chi connectivity index (χ3n) is 4.93. The quantitative estimate of drug-likeness (QED) is 0.372. The van der Waals surface area contributed by atoms with Gasteiger partial charge in [0.1, 0.15) is 0 Å². The number of allylic oxidation sites excluding steroid dienone is 8. The Bertz CT molecular complexity index is 515. The van der Waals surface area contributed by atoms with Gasteiger partial charge < -0.3 is 31.2 Å². The summed E-state index contributed by atoms with van der Waals surface area (Å²) in [6, 6.07) is 0. The summed E-state index contributed by atoms with van der Waals surface area (Å²) in [5.41, 5.74) is 1.27. The average Bonchev–Trinajstić information content (AvgIpc) is 3.13. The van der Waals surface area contributed by atoms with Crippen LogP contribution < -0.4 is 24.8 Å². The van der Waals surface area contributed by atoms with Crippen LogP contribution in [0, 0.1) is 36.2 Å². The molecule has 4 heteroatoms. The maximum Gasteiger partial charge on any atom is -1.00 e. The minimum absolute atomic E-state index is 0. The van der Waals surface area contributed by atoms with Gasteiger partial charge in [0.05, 0.1) is 0 Å². The Labute approximate surface area is 179 Å². The van der Waals surface area contributed by atoms with Crippen LogP contribution >= 0.6 is 0 Å². The molecule has 0 bridgehead atoms. The normalized spacial score (nSPS) is 30.2. The second kappa shape index (κ2) is 13.6. The predicted octanol–water partition coefficient (Wildman–Crippen LogP) is -0.143. The summed E-state index contributed by atoms with van der Waals surface area (Å²) in [5, 5.41) is 0. The van der Waals surface area contributed by atoms with Crippen molar-refractivity contribution in [2.75, 3.05) is 0 Å². The van der Waals surface area contributed by atoms with Crippen molar-refractivity contribution < 1.29 is 44.0 Å². The molecule has 0 aromatic rings. The van der Waals surface area contributed by atoms with Gasteiger partial charge in [-0.3, -0.25) is 6.08 Å². The van der Waals surface area contributed by atoms with E-state index in [0.717, 1.165) is 30.1 Å². The van der Waals surface area contributed by atoms with Crippen LogP contribution in [0.15, 0.2) is 42.0 Å². The number of hydrogen-bond acceptors (Lipinski definition) is 0. The number of hydrogen-bond donors (Lipinski definition) is 0. The van der Waals surface area contributed by atoms with Crippen LogP contribution in [-0.2, 0) is 19.2 Å². The molecule has 4 atom stereocenters. The van der Waals surface area contributed by atoms with Gasteiger partial charge in [0.15, 0.2) is 0 Å². The Kier molecular flexibility index (Phi) is 13.9. The van der Waals surface area contributed by atoms with E-state index in [-0.39, 0.29) is 31.0 Å². The van der Waals surface area contributed by atoms with E-state index in [1.165, 1.54) is 31.3 Å². The Morgan fingerprint density at radius 1 is 1.12 bits per heavy atom. The van der Waals surface area contributed by atoms with E-state index in [9.17, 15) is 0 Å². The molecule has 0 aromatic carbocycles. The Balaban J connectivity index is 0.000000410. The smallest absolute Gasteiger partial charge is 1.00 e. The van der Waals surface area contributed by atoms with Gasteiger partial charge in [-0.05, 0) is 5.92 Å². The van der Waals surface area contributed by atoms with E-state index in [1.54, 1.807) is 0 Å². The molecule has 4 rings (SSSR count). The molecule has 0 saturated heterocycles. The summed E-state index contributed by atoms with van der Waals surface area (Å²) >= 11 is 2.27. The Hall–Kier alpha value is 0.471. The third-order valence-corrected chi connectivity index (χ3v) is 4.93. The van der Waals surface area contributed by atoms with Crippen molar-refractivity contribution in [3.63, 3.8) is 0 Å². The van der Waals surface area contributed by atoms with Crippen LogP contribution in [0.5, 0.6) is 0 Å². The molecule has 2 fully saturated rings. The molecule has 2 saturated carbocycles. The van der Waals surface area contributed by atoms with Gasteiger partial charge >= 0.3 is 38.5 Å². The molecule has 0 aromatic heterocycles. The molecule has 0 nitrogen and oxygen atoms in total. The van der Waals surface area contributed by atoms with Crippen LogP contribution in [0.4, 0.5) is 0 Å². The number of fused-ring (bicyclic) bond motifs is 3. The van der Waals surface area contributed by atoms with Gasteiger partial charge in [0, 0.05) is 0 Å². The zero-order valence-corrected chi connectivity index (χ0v) is 19.7. The zero-order valence-electron chi connectivity index (χ0n) is 15.6. The zero-order chi connectivity index (χ0) is 16.7. The molecule has 0 aliphatic heterocycles. The van der Waals surface area contributed by atoms with Crippen molar-refractivity contribution in [1.82, 2.24) is 0 Å². The molecule has 0 N–H and O–H groups in total. The second-order valence-corrected chi connectivity index (χ2v) is 13.9. The van der Waals surface area contributed by atoms with Crippen LogP contribution in [0.1, 0.15) is 39.0 Å². The van der Waals surface area contributed by atoms with Gasteiger partial charge in [0.25, 0.3) is 0 Å². The van der Waals surface area contributed by atoms with Crippen molar-refractivity contribution in [1.29, 1.82) is 0 Å². The fourth-order valence-corrected chi connectivity index (χ4v) is 3.97. The van der Waals surface area contributed by atoms with E-state index < -0.39 is 0 Å². The molecule has 25 heavy (non-hydrogen) atoms. The van der Waals surface area contributed by atoms with Crippen molar-refractivity contribution in [2.24, 2.45) is 23.7 Å². The Morgan fingerprint density at radius 2 is 1.76 bits per heavy atom. The summed E-state index contributed by atoms with van der Waals surface area (Å²) in [7, 11) is 0. The molecule has 4 unspecified atom stereocenters. The van der Waals surface area contributed by atoms with Gasteiger partial charge in [-0.25, -0.2) is 11.6 Å². The maximum atomic E-state index is 3.12. The maximum absolute atomic E-state index is 3.12. The average molecular weight is 429 g/mol. The van der Waals surface area contributed by atoms with E-state index in [1.807, 2.05) is 0 Å². The van der Waals surface area contributed by atoms with Gasteiger partial charge in [-0.15, -0.1) is 18.4 Å². The molecule has 4 aliphatic rings. The van der Waals surface area contributed by atoms with E-state index in [0.29, 0.717) is 0 Å². The monoisotopic (exact) mass is 428 g/mol. The summed E-state index contributed by atoms with van der Waals surface area (Å²) in [6.07, 6.45) is 26.2. The minimum Gasteiger partial charge on any atom is -1.00 e. The first-order chi connectivity index (χ1) is 11.1. The molecular formula is C21H30Cl2SiTi-2. The minimum atomic E-state index is 0. The predicted molar refractivity (Wildman–Crippen MR) is 98.7 cm³/mol. The fourth-order valence-electron chi connectivity index (χ4n) is 3.97. The molecule has 4 aliphatic carbocycles. The second-order valence-electron chi connectivity index (χ2n) is 7.20. The molecule has 0 amide bonds. The largest absolute Gasteiger partial charge is 1.00 e. The first-order valence-electron chi connectivity index (χ1n) is 9.03. The van der Waals surface area contributed by atoms with E-state index in [2.05, 4.69) is 88.1 Å². The van der Waals surface area contributed by atoms with Crippen molar-refractivity contribution in [3.05, 3.63) is 54.5 Å². The summed E-state index contributed by atoms with van der Waals surface area (Å²) in [5.74, 6) is 3.56. The standard InChI is InChI=1S/C13H17.C6H7.C2H6Si.2ClH.Ti/c1-3-7-12-10(5-1)9-11-6-2-4-8-13(11)12;1-6-4-2-3-5-6;1-3-2;;;/h1,3,5,7,9-13H,2,4,6,8H2;2,4H,3H2,1H3;1-2H3;2*1H;/q2*-1;;;;+2/p-2. The van der Waals surface area contributed by atoms with Gasteiger partial charge in [-0.2, -0.15) is 12.0 Å². The van der Waals surface area contributed by atoms with Crippen LogP contribution in [0.2, 0.25) is 13.1 Å². The van der Waals surface area contributed by atoms with Crippen molar-refractivity contribution >= 4 is 6.19 Å². The third kappa shape index (κ3) is 8.80. The number of rotatable bonds is 0. The van der Waals surface area contributed by atoms with E-state index >= 15 is 0 Å². The molecular weight excluding hydrogens is 399 g/mol. The van der Waals surface area contributed by atoms with Crippen LogP contribution in [-0.4, -0.2) is 6.19 Å². The molecule has 0 radical (unpaired) electrons. The summed E-state index contributed by atoms with van der Waals surface area (Å²) in [6.45, 7) is 6.60. The molecule has 0 spiro atoms. The molecule has 0 heterocycles. The van der Waals surface area contributed by atoms with Crippen molar-refractivity contribution in [3.8, 4) is 0 Å². The van der Waals surface area contributed by atoms with Crippen LogP contribution in [0.3, 0.4) is 0 Å². The molecule has 138 valence electrons. The SMILES string of the molecule is C1=CC2[CH-]C3CCCCC3C2C=C1.CC1=[C-]CC=C1.C[Si](C)=[Ti+2].[Cl-].[Cl-]. The Morgan fingerprint density at radius 3 is 2.32 bits per heavy atom. The fraction of sp³-hybridized carbons (Fsp3) is 0.571. The number of halogens is 2. The van der Waals surface area contributed by atoms with Crippen molar-refractivity contribution in [2.45, 2.75) is 52.1 Å². The summed E-state index contributed by atoms with van der Waals surface area (Å²) < 4.78 is 0. The van der Waals surface area contributed by atoms with E-state index in [4.69, 9.17) is 0 Å².